The molecule has 22 heavy (non-hydrogen) atoms. The molecular formula is C17H12Cl2N2O. The third-order valence-corrected chi connectivity index (χ3v) is 3.79. The summed E-state index contributed by atoms with van der Waals surface area (Å²) in [6.07, 6.45) is 1.41. The summed E-state index contributed by atoms with van der Waals surface area (Å²) in [6.45, 7) is 1.95. The van der Waals surface area contributed by atoms with Crippen molar-refractivity contribution in [2.45, 2.75) is 6.92 Å². The van der Waals surface area contributed by atoms with E-state index in [-0.39, 0.29) is 5.57 Å². The van der Waals surface area contributed by atoms with Gasteiger partial charge in [-0.1, -0.05) is 53.0 Å². The normalized spacial score (nSPS) is 10.9. The van der Waals surface area contributed by atoms with E-state index >= 15 is 0 Å². The van der Waals surface area contributed by atoms with Crippen LogP contribution in [-0.4, -0.2) is 5.91 Å². The molecule has 1 N–H and O–H groups in total. The van der Waals surface area contributed by atoms with Crippen molar-refractivity contribution in [1.82, 2.24) is 0 Å². The van der Waals surface area contributed by atoms with Crippen LogP contribution in [0.5, 0.6) is 0 Å². The molecule has 0 fully saturated rings. The number of nitrogens with zero attached hydrogens (tertiary/aromatic N) is 1. The first-order valence-electron chi connectivity index (χ1n) is 6.45. The highest BCUT2D eigenvalue weighted by atomic mass is 35.5. The van der Waals surface area contributed by atoms with Crippen LogP contribution < -0.4 is 5.32 Å². The van der Waals surface area contributed by atoms with E-state index in [0.29, 0.717) is 21.3 Å². The number of benzene rings is 2. The number of nitriles is 1. The molecule has 5 heteroatoms. The van der Waals surface area contributed by atoms with Crippen LogP contribution in [-0.2, 0) is 4.79 Å². The lowest BCUT2D eigenvalue weighted by molar-refractivity contribution is -0.112. The van der Waals surface area contributed by atoms with Crippen molar-refractivity contribution >= 4 is 40.9 Å². The van der Waals surface area contributed by atoms with Crippen LogP contribution in [0.25, 0.3) is 6.08 Å². The van der Waals surface area contributed by atoms with E-state index in [0.717, 1.165) is 5.56 Å². The number of hydrogen-bond donors (Lipinski definition) is 1. The van der Waals surface area contributed by atoms with Crippen LogP contribution in [0.1, 0.15) is 11.1 Å². The van der Waals surface area contributed by atoms with Crippen molar-refractivity contribution in [1.29, 1.82) is 5.26 Å². The Kier molecular flexibility index (Phi) is 5.21. The van der Waals surface area contributed by atoms with E-state index in [2.05, 4.69) is 5.32 Å². The Balaban J connectivity index is 2.26. The fraction of sp³-hybridized carbons (Fsp3) is 0.0588. The van der Waals surface area contributed by atoms with Gasteiger partial charge in [0.1, 0.15) is 11.6 Å². The van der Waals surface area contributed by atoms with Gasteiger partial charge < -0.3 is 5.32 Å². The largest absolute Gasteiger partial charge is 0.321 e. The lowest BCUT2D eigenvalue weighted by Crippen LogP contribution is -2.13. The number of carbonyl (C=O) groups is 1. The van der Waals surface area contributed by atoms with Crippen molar-refractivity contribution in [2.24, 2.45) is 0 Å². The van der Waals surface area contributed by atoms with Gasteiger partial charge >= 0.3 is 0 Å². The number of halogens is 2. The van der Waals surface area contributed by atoms with Gasteiger partial charge in [0.15, 0.2) is 0 Å². The maximum atomic E-state index is 12.2. The van der Waals surface area contributed by atoms with Gasteiger partial charge in [0.25, 0.3) is 5.91 Å². The van der Waals surface area contributed by atoms with Gasteiger partial charge in [-0.05, 0) is 36.8 Å². The molecule has 2 aromatic carbocycles. The molecule has 0 aliphatic carbocycles. The van der Waals surface area contributed by atoms with Crippen LogP contribution in [0, 0.1) is 18.3 Å². The summed E-state index contributed by atoms with van der Waals surface area (Å²) in [4.78, 5) is 12.2. The van der Waals surface area contributed by atoms with Crippen molar-refractivity contribution in [3.8, 4) is 6.07 Å². The van der Waals surface area contributed by atoms with Gasteiger partial charge in [-0.15, -0.1) is 0 Å². The van der Waals surface area contributed by atoms with Gasteiger partial charge in [-0.2, -0.15) is 5.26 Å². The Morgan fingerprint density at radius 2 is 1.86 bits per heavy atom. The van der Waals surface area contributed by atoms with Crippen molar-refractivity contribution in [3.05, 3.63) is 69.2 Å². The molecule has 0 aliphatic heterocycles. The summed E-state index contributed by atoms with van der Waals surface area (Å²) in [5.74, 6) is -0.498. The maximum absolute atomic E-state index is 12.2. The van der Waals surface area contributed by atoms with Crippen LogP contribution >= 0.6 is 23.2 Å². The van der Waals surface area contributed by atoms with E-state index < -0.39 is 5.91 Å². The molecule has 0 spiro atoms. The molecule has 0 saturated heterocycles. The third kappa shape index (κ3) is 3.88. The number of amides is 1. The fourth-order valence-corrected chi connectivity index (χ4v) is 2.13. The highest BCUT2D eigenvalue weighted by Crippen LogP contribution is 2.27. The Hall–Kier alpha value is -2.28. The highest BCUT2D eigenvalue weighted by Gasteiger charge is 2.11. The molecule has 0 atom stereocenters. The van der Waals surface area contributed by atoms with Gasteiger partial charge in [0.05, 0.1) is 10.0 Å². The first-order valence-corrected chi connectivity index (χ1v) is 7.20. The molecule has 0 radical (unpaired) electrons. The predicted octanol–water partition coefficient (Wildman–Crippen LogP) is 4.85. The number of nitrogens with one attached hydrogen (secondary N) is 1. The molecule has 3 nitrogen and oxygen atoms in total. The average Bonchev–Trinajstić information content (AvgIpc) is 2.51. The Morgan fingerprint density at radius 1 is 1.18 bits per heavy atom. The highest BCUT2D eigenvalue weighted by molar-refractivity contribution is 6.43. The van der Waals surface area contributed by atoms with E-state index in [4.69, 9.17) is 23.2 Å². The molecule has 0 saturated carbocycles. The minimum atomic E-state index is -0.498. The molecule has 0 bridgehead atoms. The lowest BCUT2D eigenvalue weighted by atomic mass is 10.1. The molecule has 110 valence electrons. The van der Waals surface area contributed by atoms with Gasteiger partial charge in [0, 0.05) is 5.69 Å². The number of anilines is 1. The summed E-state index contributed by atoms with van der Waals surface area (Å²) in [6, 6.07) is 14.2. The molecule has 0 heterocycles. The van der Waals surface area contributed by atoms with Crippen LogP contribution in [0.4, 0.5) is 5.69 Å². The number of aryl methyl sites for hydroxylation is 1. The van der Waals surface area contributed by atoms with E-state index in [1.165, 1.54) is 6.08 Å². The zero-order valence-electron chi connectivity index (χ0n) is 11.7. The zero-order valence-corrected chi connectivity index (χ0v) is 13.2. The number of carbonyl (C=O) groups excluding carboxylic acids is 1. The summed E-state index contributed by atoms with van der Waals surface area (Å²) >= 11 is 12.0. The van der Waals surface area contributed by atoms with E-state index in [9.17, 15) is 10.1 Å². The second-order valence-corrected chi connectivity index (χ2v) is 5.42. The third-order valence-electron chi connectivity index (χ3n) is 2.96. The molecule has 2 rings (SSSR count). The monoisotopic (exact) mass is 330 g/mol. The standard InChI is InChI=1S/C17H12Cl2N2O/c1-11-5-7-14(8-6-11)21-17(22)13(10-20)9-12-3-2-4-15(18)16(12)19/h2-9H,1H3,(H,21,22)/b13-9+. The minimum Gasteiger partial charge on any atom is -0.321 e. The van der Waals surface area contributed by atoms with Crippen LogP contribution in [0.3, 0.4) is 0 Å². The average molecular weight is 331 g/mol. The molecule has 1 amide bonds. The topological polar surface area (TPSA) is 52.9 Å². The van der Waals surface area contributed by atoms with E-state index in [1.807, 2.05) is 25.1 Å². The zero-order chi connectivity index (χ0) is 16.1. The molecule has 2 aromatic rings. The minimum absolute atomic E-state index is 0.0512. The van der Waals surface area contributed by atoms with Crippen molar-refractivity contribution in [3.63, 3.8) is 0 Å². The second-order valence-electron chi connectivity index (χ2n) is 4.63. The summed E-state index contributed by atoms with van der Waals surface area (Å²) in [5, 5.41) is 12.5. The van der Waals surface area contributed by atoms with Crippen LogP contribution in [0.15, 0.2) is 48.0 Å². The molecule has 0 aliphatic rings. The molecular weight excluding hydrogens is 319 g/mol. The Labute approximate surface area is 138 Å². The van der Waals surface area contributed by atoms with Crippen molar-refractivity contribution < 1.29 is 4.79 Å². The maximum Gasteiger partial charge on any atom is 0.266 e. The molecule has 0 unspecified atom stereocenters. The summed E-state index contributed by atoms with van der Waals surface area (Å²) in [5.41, 5.74) is 2.17. The predicted molar refractivity (Wildman–Crippen MR) is 89.9 cm³/mol. The summed E-state index contributed by atoms with van der Waals surface area (Å²) < 4.78 is 0. The Bertz CT molecular complexity index is 774. The number of hydrogen-bond acceptors (Lipinski definition) is 2. The van der Waals surface area contributed by atoms with Gasteiger partial charge in [-0.3, -0.25) is 4.79 Å². The van der Waals surface area contributed by atoms with E-state index in [1.54, 1.807) is 30.3 Å². The lowest BCUT2D eigenvalue weighted by Gasteiger charge is -2.05. The van der Waals surface area contributed by atoms with Gasteiger partial charge in [0.2, 0.25) is 0 Å². The number of rotatable bonds is 3. The first kappa shape index (κ1) is 16.1. The summed E-state index contributed by atoms with van der Waals surface area (Å²) in [7, 11) is 0. The second kappa shape index (κ2) is 7.13. The molecule has 0 aromatic heterocycles. The smallest absolute Gasteiger partial charge is 0.266 e. The first-order chi connectivity index (χ1) is 10.5. The Morgan fingerprint density at radius 3 is 2.50 bits per heavy atom. The SMILES string of the molecule is Cc1ccc(NC(=O)/C(C#N)=C/c2cccc(Cl)c2Cl)cc1. The van der Waals surface area contributed by atoms with Crippen molar-refractivity contribution in [2.75, 3.05) is 5.32 Å². The van der Waals surface area contributed by atoms with Crippen LogP contribution in [0.2, 0.25) is 10.0 Å². The quantitative estimate of drug-likeness (QED) is 0.646. The van der Waals surface area contributed by atoms with Gasteiger partial charge in [-0.25, -0.2) is 0 Å². The fourth-order valence-electron chi connectivity index (χ4n) is 1.77.